The number of benzene rings is 1. The first-order valence-corrected chi connectivity index (χ1v) is 12.7. The lowest BCUT2D eigenvalue weighted by Crippen LogP contribution is -2.36. The van der Waals surface area contributed by atoms with Gasteiger partial charge in [-0.3, -0.25) is 9.36 Å². The van der Waals surface area contributed by atoms with Gasteiger partial charge in [0.25, 0.3) is 0 Å². The number of carbonyl (C=O) groups is 1. The van der Waals surface area contributed by atoms with E-state index in [1.807, 2.05) is 16.7 Å². The van der Waals surface area contributed by atoms with Crippen molar-refractivity contribution < 1.29 is 13.2 Å². The van der Waals surface area contributed by atoms with Crippen molar-refractivity contribution in [1.29, 1.82) is 0 Å². The Morgan fingerprint density at radius 3 is 2.57 bits per heavy atom. The van der Waals surface area contributed by atoms with Gasteiger partial charge in [0.05, 0.1) is 17.3 Å². The largest absolute Gasteiger partial charge is 0.352 e. The molecule has 0 bridgehead atoms. The molecule has 1 fully saturated rings. The molecular formula is C21H28N4O3S2. The van der Waals surface area contributed by atoms with E-state index in [-0.39, 0.29) is 34.6 Å². The number of aromatic nitrogens is 3. The van der Waals surface area contributed by atoms with Gasteiger partial charge in [-0.05, 0) is 17.4 Å². The topological polar surface area (TPSA) is 94.0 Å². The van der Waals surface area contributed by atoms with Crippen molar-refractivity contribution in [3.63, 3.8) is 0 Å². The summed E-state index contributed by atoms with van der Waals surface area (Å²) in [6.07, 6.45) is 2.24. The third kappa shape index (κ3) is 5.51. The van der Waals surface area contributed by atoms with Crippen LogP contribution >= 0.6 is 11.8 Å². The minimum atomic E-state index is -3.02. The van der Waals surface area contributed by atoms with Crippen LogP contribution in [0.2, 0.25) is 0 Å². The van der Waals surface area contributed by atoms with Gasteiger partial charge in [-0.1, -0.05) is 62.9 Å². The summed E-state index contributed by atoms with van der Waals surface area (Å²) < 4.78 is 25.0. The van der Waals surface area contributed by atoms with Crippen LogP contribution in [0.4, 0.5) is 0 Å². The Balaban J connectivity index is 1.70. The van der Waals surface area contributed by atoms with E-state index in [0.717, 1.165) is 11.4 Å². The molecule has 0 radical (unpaired) electrons. The lowest BCUT2D eigenvalue weighted by Gasteiger charge is -2.19. The van der Waals surface area contributed by atoms with Crippen LogP contribution in [-0.4, -0.2) is 52.4 Å². The van der Waals surface area contributed by atoms with Crippen molar-refractivity contribution in [3.8, 4) is 11.4 Å². The summed E-state index contributed by atoms with van der Waals surface area (Å²) in [5, 5.41) is 12.0. The summed E-state index contributed by atoms with van der Waals surface area (Å²) in [5.41, 5.74) is 2.26. The number of sulfone groups is 1. The summed E-state index contributed by atoms with van der Waals surface area (Å²) in [7, 11) is -3.02. The van der Waals surface area contributed by atoms with Crippen molar-refractivity contribution in [1.82, 2.24) is 20.1 Å². The second-order valence-electron chi connectivity index (χ2n) is 8.49. The zero-order valence-electron chi connectivity index (χ0n) is 17.6. The summed E-state index contributed by atoms with van der Waals surface area (Å²) in [5.74, 6) is 0.821. The quantitative estimate of drug-likeness (QED) is 0.517. The maximum atomic E-state index is 12.3. The van der Waals surface area contributed by atoms with Gasteiger partial charge >= 0.3 is 0 Å². The molecule has 2 heterocycles. The molecule has 1 amide bonds. The van der Waals surface area contributed by atoms with Crippen LogP contribution in [0.5, 0.6) is 0 Å². The van der Waals surface area contributed by atoms with Crippen LogP contribution in [0.1, 0.15) is 32.8 Å². The van der Waals surface area contributed by atoms with Crippen molar-refractivity contribution in [2.24, 2.45) is 0 Å². The number of allylic oxidation sites excluding steroid dienone is 1. The van der Waals surface area contributed by atoms with Gasteiger partial charge < -0.3 is 5.32 Å². The maximum absolute atomic E-state index is 12.3. The highest BCUT2D eigenvalue weighted by Gasteiger charge is 2.29. The standard InChI is InChI=1S/C21H28N4O3S2/c1-5-11-25-19(15-6-8-16(9-7-15)21(2,3)4)23-24-20(25)29-13-18(26)22-17-10-12-30(27,28)14-17/h5-9,17H,1,10-14H2,2-4H3,(H,22,26). The predicted octanol–water partition coefficient (Wildman–Crippen LogP) is 2.82. The van der Waals surface area contributed by atoms with Crippen LogP contribution in [0.3, 0.4) is 0 Å². The molecule has 1 unspecified atom stereocenters. The first-order valence-electron chi connectivity index (χ1n) is 9.86. The van der Waals surface area contributed by atoms with E-state index >= 15 is 0 Å². The Bertz CT molecular complexity index is 1020. The molecule has 30 heavy (non-hydrogen) atoms. The summed E-state index contributed by atoms with van der Waals surface area (Å²) in [4.78, 5) is 12.3. The van der Waals surface area contributed by atoms with Gasteiger partial charge in [-0.25, -0.2) is 8.42 Å². The SMILES string of the molecule is C=CCn1c(SCC(=O)NC2CCS(=O)(=O)C2)nnc1-c1ccc(C(C)(C)C)cc1. The van der Waals surface area contributed by atoms with Crippen LogP contribution in [-0.2, 0) is 26.6 Å². The highest BCUT2D eigenvalue weighted by molar-refractivity contribution is 7.99. The number of carbonyl (C=O) groups excluding carboxylic acids is 1. The summed E-state index contributed by atoms with van der Waals surface area (Å²) in [6.45, 7) is 10.8. The highest BCUT2D eigenvalue weighted by Crippen LogP contribution is 2.27. The molecule has 1 aliphatic rings. The number of rotatable bonds is 7. The molecule has 1 aliphatic heterocycles. The molecule has 1 saturated heterocycles. The normalized spacial score (nSPS) is 18.3. The fraction of sp³-hybridized carbons (Fsp3) is 0.476. The van der Waals surface area contributed by atoms with Gasteiger partial charge in [0.2, 0.25) is 5.91 Å². The van der Waals surface area contributed by atoms with Gasteiger partial charge in [-0.15, -0.1) is 16.8 Å². The fourth-order valence-corrected chi connectivity index (χ4v) is 5.76. The molecule has 1 N–H and O–H groups in total. The molecule has 0 aliphatic carbocycles. The average Bonchev–Trinajstić information content (AvgIpc) is 3.22. The highest BCUT2D eigenvalue weighted by atomic mass is 32.2. The van der Waals surface area contributed by atoms with Crippen LogP contribution in [0.15, 0.2) is 42.1 Å². The number of hydrogen-bond acceptors (Lipinski definition) is 6. The van der Waals surface area contributed by atoms with Crippen molar-refractivity contribution >= 4 is 27.5 Å². The molecule has 162 valence electrons. The number of nitrogens with zero attached hydrogens (tertiary/aromatic N) is 3. The third-order valence-electron chi connectivity index (χ3n) is 4.97. The van der Waals surface area contributed by atoms with Crippen LogP contribution in [0.25, 0.3) is 11.4 Å². The number of thioether (sulfide) groups is 1. The predicted molar refractivity (Wildman–Crippen MR) is 120 cm³/mol. The molecule has 9 heteroatoms. The van der Waals surface area contributed by atoms with Crippen molar-refractivity contribution in [3.05, 3.63) is 42.5 Å². The first-order chi connectivity index (χ1) is 14.1. The van der Waals surface area contributed by atoms with Crippen molar-refractivity contribution in [2.45, 2.75) is 50.4 Å². The molecular weight excluding hydrogens is 420 g/mol. The van der Waals surface area contributed by atoms with Gasteiger partial charge in [0.1, 0.15) is 0 Å². The molecule has 1 aromatic carbocycles. The van der Waals surface area contributed by atoms with Gasteiger partial charge in [-0.2, -0.15) is 0 Å². The molecule has 1 atom stereocenters. The lowest BCUT2D eigenvalue weighted by molar-refractivity contribution is -0.119. The number of hydrogen-bond donors (Lipinski definition) is 1. The Labute approximate surface area is 182 Å². The second kappa shape index (κ2) is 8.93. The minimum absolute atomic E-state index is 0.0186. The molecule has 0 saturated carbocycles. The molecule has 7 nitrogen and oxygen atoms in total. The van der Waals surface area contributed by atoms with Crippen LogP contribution in [0, 0.1) is 0 Å². The summed E-state index contributed by atoms with van der Waals surface area (Å²) in [6, 6.07) is 7.96. The van der Waals surface area contributed by atoms with E-state index < -0.39 is 9.84 Å². The van der Waals surface area contributed by atoms with Crippen molar-refractivity contribution in [2.75, 3.05) is 17.3 Å². The summed E-state index contributed by atoms with van der Waals surface area (Å²) >= 11 is 1.28. The van der Waals surface area contributed by atoms with E-state index in [4.69, 9.17) is 0 Å². The Morgan fingerprint density at radius 1 is 1.30 bits per heavy atom. The number of nitrogens with one attached hydrogen (secondary N) is 1. The maximum Gasteiger partial charge on any atom is 0.230 e. The Morgan fingerprint density at radius 2 is 2.00 bits per heavy atom. The molecule has 1 aromatic heterocycles. The van der Waals surface area contributed by atoms with Gasteiger partial charge in [0.15, 0.2) is 20.8 Å². The Kier molecular flexibility index (Phi) is 6.71. The zero-order valence-corrected chi connectivity index (χ0v) is 19.2. The number of amides is 1. The molecule has 0 spiro atoms. The van der Waals surface area contributed by atoms with E-state index in [2.05, 4.69) is 55.0 Å². The second-order valence-corrected chi connectivity index (χ2v) is 11.7. The third-order valence-corrected chi connectivity index (χ3v) is 7.70. The average molecular weight is 449 g/mol. The first kappa shape index (κ1) is 22.6. The smallest absolute Gasteiger partial charge is 0.230 e. The van der Waals surface area contributed by atoms with E-state index in [9.17, 15) is 13.2 Å². The lowest BCUT2D eigenvalue weighted by atomic mass is 9.87. The monoisotopic (exact) mass is 448 g/mol. The Hall–Kier alpha value is -2.13. The van der Waals surface area contributed by atoms with E-state index in [1.165, 1.54) is 17.3 Å². The fourth-order valence-electron chi connectivity index (χ4n) is 3.33. The van der Waals surface area contributed by atoms with Crippen LogP contribution < -0.4 is 5.32 Å². The zero-order chi connectivity index (χ0) is 21.9. The molecule has 3 rings (SSSR count). The van der Waals surface area contributed by atoms with E-state index in [0.29, 0.717) is 18.1 Å². The van der Waals surface area contributed by atoms with E-state index in [1.54, 1.807) is 6.08 Å². The minimum Gasteiger partial charge on any atom is -0.352 e. The molecule has 2 aromatic rings. The van der Waals surface area contributed by atoms with Gasteiger partial charge in [0, 0.05) is 18.2 Å².